The van der Waals surface area contributed by atoms with Crippen molar-refractivity contribution in [1.29, 1.82) is 5.26 Å². The number of ether oxygens (including phenoxy) is 1. The molecule has 0 spiro atoms. The Morgan fingerprint density at radius 1 is 1.31 bits per heavy atom. The van der Waals surface area contributed by atoms with Crippen molar-refractivity contribution in [3.63, 3.8) is 0 Å². The second-order valence-electron chi connectivity index (χ2n) is 5.64. The molecule has 3 rings (SSSR count). The Bertz CT molecular complexity index is 1080. The number of aromatic nitrogens is 5. The van der Waals surface area contributed by atoms with Gasteiger partial charge >= 0.3 is 0 Å². The van der Waals surface area contributed by atoms with Crippen LogP contribution >= 0.6 is 0 Å². The van der Waals surface area contributed by atoms with Gasteiger partial charge in [0.25, 0.3) is 5.56 Å². The molecule has 3 heterocycles. The van der Waals surface area contributed by atoms with E-state index in [1.54, 1.807) is 31.3 Å². The molecule has 0 unspecified atom stereocenters. The van der Waals surface area contributed by atoms with Gasteiger partial charge in [0.05, 0.1) is 24.6 Å². The summed E-state index contributed by atoms with van der Waals surface area (Å²) >= 11 is 0. The number of hydrogen-bond acceptors (Lipinski definition) is 9. The number of pyridine rings is 2. The lowest BCUT2D eigenvalue weighted by atomic mass is 10.2. The van der Waals surface area contributed by atoms with E-state index in [1.807, 2.05) is 6.07 Å². The van der Waals surface area contributed by atoms with Gasteiger partial charge in [0, 0.05) is 20.3 Å². The molecular weight excluding hydrogens is 336 g/mol. The first kappa shape index (κ1) is 17.1. The fourth-order valence-corrected chi connectivity index (χ4v) is 2.40. The summed E-state index contributed by atoms with van der Waals surface area (Å²) in [5, 5.41) is 9.50. The van der Waals surface area contributed by atoms with E-state index in [9.17, 15) is 10.1 Å². The Labute approximate surface area is 148 Å². The molecule has 3 aromatic heterocycles. The summed E-state index contributed by atoms with van der Waals surface area (Å²) in [4.78, 5) is 31.0. The van der Waals surface area contributed by atoms with Crippen molar-refractivity contribution >= 4 is 22.8 Å². The lowest BCUT2D eigenvalue weighted by Gasteiger charge is -2.12. The van der Waals surface area contributed by atoms with Gasteiger partial charge in [0.15, 0.2) is 5.82 Å². The van der Waals surface area contributed by atoms with Crippen LogP contribution in [0.3, 0.4) is 0 Å². The van der Waals surface area contributed by atoms with Crippen molar-refractivity contribution < 1.29 is 4.74 Å². The summed E-state index contributed by atoms with van der Waals surface area (Å²) in [6.07, 6.45) is 1.58. The number of hydrogen-bond donors (Lipinski definition) is 1. The van der Waals surface area contributed by atoms with Crippen molar-refractivity contribution in [3.8, 4) is 11.9 Å². The van der Waals surface area contributed by atoms with Crippen molar-refractivity contribution in [2.45, 2.75) is 6.54 Å². The van der Waals surface area contributed by atoms with E-state index in [4.69, 9.17) is 10.5 Å². The van der Waals surface area contributed by atoms with Crippen LogP contribution in [0.15, 0.2) is 23.1 Å². The van der Waals surface area contributed by atoms with Crippen LogP contribution in [0.5, 0.6) is 5.88 Å². The maximum absolute atomic E-state index is 12.8. The van der Waals surface area contributed by atoms with Gasteiger partial charge < -0.3 is 19.9 Å². The molecule has 0 amide bonds. The fourth-order valence-electron chi connectivity index (χ4n) is 2.40. The van der Waals surface area contributed by atoms with Gasteiger partial charge in [-0.1, -0.05) is 0 Å². The van der Waals surface area contributed by atoms with E-state index >= 15 is 0 Å². The van der Waals surface area contributed by atoms with E-state index < -0.39 is 0 Å². The minimum atomic E-state index is -0.320. The van der Waals surface area contributed by atoms with Crippen molar-refractivity contribution in [2.75, 3.05) is 31.8 Å². The third kappa shape index (κ3) is 3.10. The SMILES string of the molecule is COc1nc2ccn(Cc3nc(N)nc(N(C)C)n3)c(=O)c2cc1C#N. The summed E-state index contributed by atoms with van der Waals surface area (Å²) < 4.78 is 6.49. The van der Waals surface area contributed by atoms with Gasteiger partial charge in [-0.2, -0.15) is 20.2 Å². The smallest absolute Gasteiger partial charge is 0.260 e. The number of fused-ring (bicyclic) bond motifs is 1. The quantitative estimate of drug-likeness (QED) is 0.696. The summed E-state index contributed by atoms with van der Waals surface area (Å²) in [6.45, 7) is 0.107. The molecule has 0 aromatic carbocycles. The van der Waals surface area contributed by atoms with Crippen LogP contribution < -0.4 is 20.9 Å². The van der Waals surface area contributed by atoms with Crippen LogP contribution in [-0.2, 0) is 6.54 Å². The summed E-state index contributed by atoms with van der Waals surface area (Å²) in [5.74, 6) is 1.01. The summed E-state index contributed by atoms with van der Waals surface area (Å²) in [7, 11) is 4.98. The maximum atomic E-state index is 12.8. The van der Waals surface area contributed by atoms with Crippen LogP contribution in [0.1, 0.15) is 11.4 Å². The molecule has 0 aliphatic carbocycles. The molecule has 26 heavy (non-hydrogen) atoms. The molecule has 0 saturated heterocycles. The number of nitrogens with zero attached hydrogens (tertiary/aromatic N) is 7. The zero-order valence-electron chi connectivity index (χ0n) is 14.5. The van der Waals surface area contributed by atoms with Crippen molar-refractivity contribution in [2.24, 2.45) is 0 Å². The molecule has 0 fully saturated rings. The molecule has 0 radical (unpaired) electrons. The molecule has 0 atom stereocenters. The third-order valence-corrected chi connectivity index (χ3v) is 3.63. The molecule has 132 valence electrons. The number of anilines is 2. The molecule has 3 aromatic rings. The number of methoxy groups -OCH3 is 1. The highest BCUT2D eigenvalue weighted by Crippen LogP contribution is 2.19. The van der Waals surface area contributed by atoms with Gasteiger partial charge in [-0.05, 0) is 12.1 Å². The zero-order chi connectivity index (χ0) is 18.8. The lowest BCUT2D eigenvalue weighted by molar-refractivity contribution is 0.398. The highest BCUT2D eigenvalue weighted by Gasteiger charge is 2.13. The van der Waals surface area contributed by atoms with Crippen LogP contribution in [0.4, 0.5) is 11.9 Å². The Kier molecular flexibility index (Phi) is 4.36. The van der Waals surface area contributed by atoms with E-state index in [1.165, 1.54) is 17.7 Å². The van der Waals surface area contributed by atoms with Gasteiger partial charge in [-0.25, -0.2) is 4.98 Å². The molecular formula is C16H16N8O2. The maximum Gasteiger partial charge on any atom is 0.260 e. The minimum absolute atomic E-state index is 0.0747. The predicted molar refractivity (Wildman–Crippen MR) is 94.9 cm³/mol. The minimum Gasteiger partial charge on any atom is -0.480 e. The van der Waals surface area contributed by atoms with E-state index in [-0.39, 0.29) is 29.5 Å². The average Bonchev–Trinajstić information content (AvgIpc) is 2.62. The molecule has 0 saturated carbocycles. The van der Waals surface area contributed by atoms with Crippen molar-refractivity contribution in [3.05, 3.63) is 40.1 Å². The Balaban J connectivity index is 2.08. The number of rotatable bonds is 4. The lowest BCUT2D eigenvalue weighted by Crippen LogP contribution is -2.23. The first-order valence-electron chi connectivity index (χ1n) is 7.59. The fraction of sp³-hybridized carbons (Fsp3) is 0.250. The molecule has 10 nitrogen and oxygen atoms in total. The average molecular weight is 352 g/mol. The highest BCUT2D eigenvalue weighted by molar-refractivity contribution is 5.80. The van der Waals surface area contributed by atoms with Crippen LogP contribution in [-0.4, -0.2) is 45.7 Å². The van der Waals surface area contributed by atoms with Crippen LogP contribution in [0, 0.1) is 11.3 Å². The molecule has 0 aliphatic rings. The standard InChI is InChI=1S/C16H16N8O2/c1-23(2)16-21-12(20-15(18)22-16)8-24-5-4-11-10(14(24)25)6-9(7-17)13(19-11)26-3/h4-6H,8H2,1-3H3,(H2,18,20,21,22). The van der Waals surface area contributed by atoms with Crippen LogP contribution in [0.25, 0.3) is 10.9 Å². The van der Waals surface area contributed by atoms with Gasteiger partial charge in [-0.3, -0.25) is 4.79 Å². The summed E-state index contributed by atoms with van der Waals surface area (Å²) in [5.41, 5.74) is 6.02. The molecule has 0 aliphatic heterocycles. The zero-order valence-corrected chi connectivity index (χ0v) is 14.5. The van der Waals surface area contributed by atoms with E-state index in [0.717, 1.165) is 0 Å². The second-order valence-corrected chi connectivity index (χ2v) is 5.64. The summed E-state index contributed by atoms with van der Waals surface area (Å²) in [6, 6.07) is 5.10. The van der Waals surface area contributed by atoms with Crippen molar-refractivity contribution in [1.82, 2.24) is 24.5 Å². The second kappa shape index (κ2) is 6.64. The van der Waals surface area contributed by atoms with Gasteiger partial charge in [0.2, 0.25) is 17.8 Å². The Morgan fingerprint density at radius 2 is 2.08 bits per heavy atom. The van der Waals surface area contributed by atoms with Crippen LogP contribution in [0.2, 0.25) is 0 Å². The van der Waals surface area contributed by atoms with E-state index in [2.05, 4.69) is 19.9 Å². The molecule has 10 heteroatoms. The third-order valence-electron chi connectivity index (χ3n) is 3.63. The Hall–Kier alpha value is -3.74. The first-order valence-corrected chi connectivity index (χ1v) is 7.59. The monoisotopic (exact) mass is 352 g/mol. The number of nitriles is 1. The molecule has 0 bridgehead atoms. The Morgan fingerprint density at radius 3 is 2.73 bits per heavy atom. The van der Waals surface area contributed by atoms with E-state index in [0.29, 0.717) is 22.7 Å². The van der Waals surface area contributed by atoms with Gasteiger partial charge in [0.1, 0.15) is 11.6 Å². The highest BCUT2D eigenvalue weighted by atomic mass is 16.5. The van der Waals surface area contributed by atoms with Gasteiger partial charge in [-0.15, -0.1) is 0 Å². The first-order chi connectivity index (χ1) is 12.4. The predicted octanol–water partition coefficient (Wildman–Crippen LogP) is 0.158. The number of nitrogens with two attached hydrogens (primary N) is 1. The molecule has 2 N–H and O–H groups in total. The number of nitrogen functional groups attached to an aromatic ring is 1. The topological polar surface area (TPSA) is 136 Å². The normalized spacial score (nSPS) is 10.5. The largest absolute Gasteiger partial charge is 0.480 e.